The first-order chi connectivity index (χ1) is 9.43. The molecule has 1 aliphatic heterocycles. The van der Waals surface area contributed by atoms with Gasteiger partial charge >= 0.3 is 5.97 Å². The van der Waals surface area contributed by atoms with Crippen LogP contribution in [0.3, 0.4) is 0 Å². The number of methoxy groups -OCH3 is 1. The maximum atomic E-state index is 11.5. The van der Waals surface area contributed by atoms with E-state index in [1.54, 1.807) is 0 Å². The summed E-state index contributed by atoms with van der Waals surface area (Å²) in [4.78, 5) is 11.5. The summed E-state index contributed by atoms with van der Waals surface area (Å²) in [5.74, 6) is 0.500. The predicted molar refractivity (Wildman–Crippen MR) is 81.5 cm³/mol. The van der Waals surface area contributed by atoms with Crippen LogP contribution in [0.5, 0.6) is 5.75 Å². The molecule has 0 bridgehead atoms. The third kappa shape index (κ3) is 3.10. The first-order valence-corrected chi connectivity index (χ1v) is 7.54. The van der Waals surface area contributed by atoms with Crippen LogP contribution in [-0.4, -0.2) is 31.8 Å². The highest BCUT2D eigenvalue weighted by atomic mass is 79.9. The monoisotopic (exact) mass is 361 g/mol. The van der Waals surface area contributed by atoms with E-state index in [2.05, 4.69) is 21.2 Å². The summed E-state index contributed by atoms with van der Waals surface area (Å²) in [6.45, 7) is 4.50. The van der Waals surface area contributed by atoms with Crippen molar-refractivity contribution in [2.24, 2.45) is 0 Å². The van der Waals surface area contributed by atoms with Gasteiger partial charge in [-0.2, -0.15) is 0 Å². The third-order valence-electron chi connectivity index (χ3n) is 3.44. The fourth-order valence-corrected chi connectivity index (χ4v) is 2.95. The Hall–Kier alpha value is -0.780. The van der Waals surface area contributed by atoms with E-state index in [9.17, 15) is 4.79 Å². The number of hydrogen-bond acceptors (Lipinski definition) is 4. The molecule has 1 aromatic rings. The number of benzene rings is 1. The lowest BCUT2D eigenvalue weighted by Gasteiger charge is -2.17. The zero-order valence-electron chi connectivity index (χ0n) is 11.6. The number of carbonyl (C=O) groups is 1. The van der Waals surface area contributed by atoms with Gasteiger partial charge in [0.1, 0.15) is 17.9 Å². The summed E-state index contributed by atoms with van der Waals surface area (Å²) in [6, 6.07) is 1.61. The molecule has 1 fully saturated rings. The van der Waals surface area contributed by atoms with E-state index in [-0.39, 0.29) is 18.1 Å². The Morgan fingerprint density at radius 2 is 2.20 bits per heavy atom. The van der Waals surface area contributed by atoms with Gasteiger partial charge in [0.25, 0.3) is 0 Å². The number of hydrogen-bond donors (Lipinski definition) is 1. The molecule has 0 radical (unpaired) electrons. The van der Waals surface area contributed by atoms with Crippen LogP contribution in [0.1, 0.15) is 17.5 Å². The molecule has 0 amide bonds. The summed E-state index contributed by atoms with van der Waals surface area (Å²) in [5, 5.41) is 3.83. The minimum Gasteiger partial charge on any atom is -0.488 e. The third-order valence-corrected chi connectivity index (χ3v) is 5.01. The van der Waals surface area contributed by atoms with Crippen LogP contribution in [0.4, 0.5) is 0 Å². The fraction of sp³-hybridized carbons (Fsp3) is 0.500. The molecule has 6 heteroatoms. The van der Waals surface area contributed by atoms with Gasteiger partial charge in [0, 0.05) is 18.0 Å². The van der Waals surface area contributed by atoms with E-state index in [0.29, 0.717) is 13.0 Å². The standard InChI is InChI=1S/C14H17BrClNO3/c1-7-4-11(12(15)8(2)13(7)16)20-9-5-10(17-6-9)14(18)19-3/h4,9-10,17H,5-6H2,1-3H3. The zero-order chi connectivity index (χ0) is 14.9. The molecule has 0 saturated carbocycles. The zero-order valence-corrected chi connectivity index (χ0v) is 14.0. The van der Waals surface area contributed by atoms with Gasteiger partial charge in [-0.25, -0.2) is 0 Å². The number of nitrogens with one attached hydrogen (secondary N) is 1. The number of ether oxygens (including phenoxy) is 2. The highest BCUT2D eigenvalue weighted by molar-refractivity contribution is 9.10. The van der Waals surface area contributed by atoms with Gasteiger partial charge in [0.15, 0.2) is 0 Å². The molecule has 0 aliphatic carbocycles. The highest BCUT2D eigenvalue weighted by Crippen LogP contribution is 2.36. The molecule has 110 valence electrons. The molecular formula is C14H17BrClNO3. The van der Waals surface area contributed by atoms with Crippen molar-refractivity contribution >= 4 is 33.5 Å². The van der Waals surface area contributed by atoms with E-state index in [1.165, 1.54) is 7.11 Å². The lowest BCUT2D eigenvalue weighted by atomic mass is 10.1. The molecule has 1 aliphatic rings. The summed E-state index contributed by atoms with van der Waals surface area (Å²) in [5.41, 5.74) is 1.93. The number of halogens is 2. The Labute approximate surface area is 131 Å². The number of esters is 1. The van der Waals surface area contributed by atoms with Crippen LogP contribution in [0.25, 0.3) is 0 Å². The minimum absolute atomic E-state index is 0.0598. The van der Waals surface area contributed by atoms with Gasteiger partial charge in [-0.1, -0.05) is 11.6 Å². The van der Waals surface area contributed by atoms with Crippen molar-refractivity contribution in [2.45, 2.75) is 32.4 Å². The Morgan fingerprint density at radius 1 is 1.50 bits per heavy atom. The van der Waals surface area contributed by atoms with Gasteiger partial charge < -0.3 is 14.8 Å². The van der Waals surface area contributed by atoms with E-state index in [1.807, 2.05) is 19.9 Å². The Kier molecular flexibility index (Phi) is 4.94. The van der Waals surface area contributed by atoms with E-state index in [0.717, 1.165) is 26.4 Å². The second-order valence-corrected chi connectivity index (χ2v) is 6.08. The molecule has 0 spiro atoms. The highest BCUT2D eigenvalue weighted by Gasteiger charge is 2.31. The lowest BCUT2D eigenvalue weighted by Crippen LogP contribution is -2.31. The maximum Gasteiger partial charge on any atom is 0.323 e. The first-order valence-electron chi connectivity index (χ1n) is 6.37. The molecule has 1 saturated heterocycles. The molecule has 1 aromatic carbocycles. The van der Waals surface area contributed by atoms with E-state index >= 15 is 0 Å². The first kappa shape index (κ1) is 15.6. The average Bonchev–Trinajstić information content (AvgIpc) is 2.90. The van der Waals surface area contributed by atoms with E-state index < -0.39 is 0 Å². The quantitative estimate of drug-likeness (QED) is 0.840. The van der Waals surface area contributed by atoms with Crippen molar-refractivity contribution in [2.75, 3.05) is 13.7 Å². The summed E-state index contributed by atoms with van der Waals surface area (Å²) < 4.78 is 11.6. The van der Waals surface area contributed by atoms with Crippen molar-refractivity contribution in [3.63, 3.8) is 0 Å². The van der Waals surface area contributed by atoms with Crippen LogP contribution in [0, 0.1) is 13.8 Å². The second kappa shape index (κ2) is 6.33. The summed E-state index contributed by atoms with van der Waals surface area (Å²) in [6.07, 6.45) is 0.537. The van der Waals surface area contributed by atoms with Crippen LogP contribution in [0.15, 0.2) is 10.5 Å². The van der Waals surface area contributed by atoms with Crippen molar-refractivity contribution in [3.05, 3.63) is 26.7 Å². The molecule has 2 unspecified atom stereocenters. The van der Waals surface area contributed by atoms with Gasteiger partial charge in [-0.15, -0.1) is 0 Å². The lowest BCUT2D eigenvalue weighted by molar-refractivity contribution is -0.142. The molecule has 1 heterocycles. The number of carbonyl (C=O) groups excluding carboxylic acids is 1. The van der Waals surface area contributed by atoms with Gasteiger partial charge in [0.2, 0.25) is 0 Å². The van der Waals surface area contributed by atoms with Crippen LogP contribution in [-0.2, 0) is 9.53 Å². The molecule has 0 aromatic heterocycles. The average molecular weight is 363 g/mol. The fourth-order valence-electron chi connectivity index (χ4n) is 2.28. The van der Waals surface area contributed by atoms with Crippen molar-refractivity contribution in [3.8, 4) is 5.75 Å². The predicted octanol–water partition coefficient (Wildman–Crippen LogP) is 3.00. The number of rotatable bonds is 3. The molecule has 20 heavy (non-hydrogen) atoms. The largest absolute Gasteiger partial charge is 0.488 e. The van der Waals surface area contributed by atoms with E-state index in [4.69, 9.17) is 21.1 Å². The van der Waals surface area contributed by atoms with Gasteiger partial charge in [-0.3, -0.25) is 4.79 Å². The van der Waals surface area contributed by atoms with Gasteiger partial charge in [0.05, 0.1) is 11.6 Å². The minimum atomic E-state index is -0.293. The second-order valence-electron chi connectivity index (χ2n) is 4.90. The molecule has 1 N–H and O–H groups in total. The number of aryl methyl sites for hydroxylation is 1. The molecule has 2 atom stereocenters. The smallest absolute Gasteiger partial charge is 0.323 e. The molecule has 4 nitrogen and oxygen atoms in total. The SMILES string of the molecule is COC(=O)C1CC(Oc2cc(C)c(Cl)c(C)c2Br)CN1. The summed E-state index contributed by atoms with van der Waals surface area (Å²) in [7, 11) is 1.39. The topological polar surface area (TPSA) is 47.6 Å². The molecular weight excluding hydrogens is 346 g/mol. The van der Waals surface area contributed by atoms with Crippen LogP contribution >= 0.6 is 27.5 Å². The van der Waals surface area contributed by atoms with Crippen LogP contribution in [0.2, 0.25) is 5.02 Å². The summed E-state index contributed by atoms with van der Waals surface area (Å²) >= 11 is 9.70. The van der Waals surface area contributed by atoms with Gasteiger partial charge in [-0.05, 0) is 47.0 Å². The Balaban J connectivity index is 2.11. The van der Waals surface area contributed by atoms with Crippen molar-refractivity contribution in [1.29, 1.82) is 0 Å². The van der Waals surface area contributed by atoms with Crippen molar-refractivity contribution < 1.29 is 14.3 Å². The Bertz CT molecular complexity index is 536. The molecule has 2 rings (SSSR count). The maximum absolute atomic E-state index is 11.5. The van der Waals surface area contributed by atoms with Crippen LogP contribution < -0.4 is 10.1 Å². The Morgan fingerprint density at radius 3 is 2.85 bits per heavy atom. The normalized spacial score (nSPS) is 21.9. The van der Waals surface area contributed by atoms with Crippen molar-refractivity contribution in [1.82, 2.24) is 5.32 Å².